The van der Waals surface area contributed by atoms with Gasteiger partial charge in [-0.3, -0.25) is 0 Å². The highest BCUT2D eigenvalue weighted by atomic mass is 19.4. The molecule has 0 spiro atoms. The largest absolute Gasteiger partial charge is 0.426 e. The molecule has 0 aromatic carbocycles. The Kier molecular flexibility index (Phi) is 2.68. The monoisotopic (exact) mass is 409 g/mol. The van der Waals surface area contributed by atoms with Crippen LogP contribution in [0.2, 0.25) is 0 Å². The summed E-state index contributed by atoms with van der Waals surface area (Å²) in [6.45, 7) is 0. The quantitative estimate of drug-likeness (QED) is 0.477. The molecule has 154 valence electrons. The summed E-state index contributed by atoms with van der Waals surface area (Å²) in [5, 5.41) is 22.6. The van der Waals surface area contributed by atoms with Crippen LogP contribution in [0.4, 0.5) is 35.1 Å². The summed E-state index contributed by atoms with van der Waals surface area (Å²) in [6.07, 6.45) is -47.6. The van der Waals surface area contributed by atoms with Gasteiger partial charge in [0.1, 0.15) is 0 Å². The van der Waals surface area contributed by atoms with Gasteiger partial charge in [-0.1, -0.05) is 25.7 Å². The van der Waals surface area contributed by atoms with Crippen molar-refractivity contribution in [1.29, 1.82) is 0 Å². The van der Waals surface area contributed by atoms with Crippen LogP contribution in [0.3, 0.4) is 0 Å². The molecule has 2 fully saturated rings. The molecule has 26 heavy (non-hydrogen) atoms. The zero-order valence-electron chi connectivity index (χ0n) is 23.8. The predicted molar refractivity (Wildman–Crippen MR) is 75.9 cm³/mol. The van der Waals surface area contributed by atoms with E-state index in [1.807, 2.05) is 0 Å². The van der Waals surface area contributed by atoms with Crippen molar-refractivity contribution in [3.05, 3.63) is 0 Å². The Balaban J connectivity index is 3.38. The molecule has 0 aliphatic heterocycles. The number of hydrogen-bond donors (Lipinski definition) is 2. The number of hydrogen-bond acceptors (Lipinski definition) is 2. The smallest absolute Gasteiger partial charge is 0.387 e. The van der Waals surface area contributed by atoms with E-state index in [9.17, 15) is 36.6 Å². The molecule has 0 aromatic heterocycles. The molecular weight excluding hydrogens is 376 g/mol. The average Bonchev–Trinajstić information content (AvgIpc) is 2.80. The standard InChI is InChI=1S/C16H22F8O2/c17-13(15(19,20)21)9-5-8-12(26,10-14(13,18)16(22,23)24)11(25)6-3-1-2-4-7-11/h25-26H,1-10H2/i3D,5D2,6D2,8D2,9D2,10D2. The molecule has 0 radical (unpaired) electrons. The van der Waals surface area contributed by atoms with Crippen LogP contribution in [0, 0.1) is 0 Å². The van der Waals surface area contributed by atoms with Gasteiger partial charge in [0.2, 0.25) is 5.67 Å². The maximum Gasteiger partial charge on any atom is 0.426 e. The highest BCUT2D eigenvalue weighted by molar-refractivity contribution is 5.17. The lowest BCUT2D eigenvalue weighted by molar-refractivity contribution is -0.353. The first kappa shape index (κ1) is 10.8. The van der Waals surface area contributed by atoms with Gasteiger partial charge in [-0.05, 0) is 31.9 Å². The molecule has 10 heteroatoms. The Bertz CT molecular complexity index is 929. The summed E-state index contributed by atoms with van der Waals surface area (Å²) in [5.74, 6) is 0. The number of rotatable bonds is 1. The van der Waals surface area contributed by atoms with Gasteiger partial charge in [0.25, 0.3) is 5.67 Å². The van der Waals surface area contributed by atoms with Gasteiger partial charge in [0.15, 0.2) is 0 Å². The first-order chi connectivity index (χ1) is 15.9. The molecule has 0 heterocycles. The summed E-state index contributed by atoms with van der Waals surface area (Å²) >= 11 is 0. The van der Waals surface area contributed by atoms with Gasteiger partial charge < -0.3 is 10.2 Å². The molecule has 0 saturated heterocycles. The van der Waals surface area contributed by atoms with E-state index in [-0.39, 0.29) is 6.42 Å². The Morgan fingerprint density at radius 3 is 1.85 bits per heavy atom. The molecule has 2 aliphatic carbocycles. The van der Waals surface area contributed by atoms with Crippen LogP contribution in [0.25, 0.3) is 0 Å². The number of aliphatic hydroxyl groups is 2. The van der Waals surface area contributed by atoms with E-state index in [0.717, 1.165) is 0 Å². The van der Waals surface area contributed by atoms with Gasteiger partial charge in [-0.25, -0.2) is 8.78 Å². The van der Waals surface area contributed by atoms with Crippen molar-refractivity contribution in [1.82, 2.24) is 0 Å². The minimum atomic E-state index is -7.53. The molecular formula is C16H22F8O2. The van der Waals surface area contributed by atoms with Crippen LogP contribution in [0.1, 0.15) is 79.0 Å². The third-order valence-corrected chi connectivity index (χ3v) is 4.16. The second kappa shape index (κ2) is 6.46. The highest BCUT2D eigenvalue weighted by Crippen LogP contribution is 2.61. The minimum Gasteiger partial charge on any atom is -0.387 e. The van der Waals surface area contributed by atoms with Crippen molar-refractivity contribution >= 4 is 0 Å². The first-order valence-corrected chi connectivity index (χ1v) is 7.26. The Hall–Kier alpha value is -0.640. The Labute approximate surface area is 161 Å². The number of alkyl halides is 8. The summed E-state index contributed by atoms with van der Waals surface area (Å²) in [7, 11) is 0. The van der Waals surface area contributed by atoms with Crippen molar-refractivity contribution < 1.29 is 60.4 Å². The molecule has 2 nitrogen and oxygen atoms in total. The van der Waals surface area contributed by atoms with Gasteiger partial charge in [0, 0.05) is 21.5 Å². The zero-order valence-corrected chi connectivity index (χ0v) is 12.8. The van der Waals surface area contributed by atoms with Gasteiger partial charge >= 0.3 is 12.4 Å². The fourth-order valence-electron chi connectivity index (χ4n) is 2.63. The van der Waals surface area contributed by atoms with E-state index in [2.05, 4.69) is 0 Å². The zero-order chi connectivity index (χ0) is 29.9. The molecule has 5 atom stereocenters. The fraction of sp³-hybridized carbons (Fsp3) is 1.00. The minimum absolute atomic E-state index is 0.304. The topological polar surface area (TPSA) is 40.5 Å². The summed E-state index contributed by atoms with van der Waals surface area (Å²) < 4.78 is 202. The molecule has 0 bridgehead atoms. The molecule has 2 aliphatic rings. The summed E-state index contributed by atoms with van der Waals surface area (Å²) in [5.41, 5.74) is -24.9. The molecule has 5 unspecified atom stereocenters. The van der Waals surface area contributed by atoms with Crippen LogP contribution in [0.5, 0.6) is 0 Å². The lowest BCUT2D eigenvalue weighted by Gasteiger charge is -2.47. The molecule has 0 amide bonds. The third kappa shape index (κ3) is 3.21. The third-order valence-electron chi connectivity index (χ3n) is 4.16. The molecule has 2 rings (SSSR count). The van der Waals surface area contributed by atoms with E-state index in [0.29, 0.717) is 0 Å². The van der Waals surface area contributed by atoms with E-state index < -0.39 is 92.4 Å². The van der Waals surface area contributed by atoms with E-state index in [1.165, 1.54) is 0 Å². The normalized spacial score (nSPS) is 62.4. The highest BCUT2D eigenvalue weighted by Gasteiger charge is 2.81. The van der Waals surface area contributed by atoms with E-state index in [1.54, 1.807) is 0 Å². The van der Waals surface area contributed by atoms with Crippen molar-refractivity contribution in [3.8, 4) is 0 Å². The van der Waals surface area contributed by atoms with Gasteiger partial charge in [-0.2, -0.15) is 26.3 Å². The van der Waals surface area contributed by atoms with Crippen LogP contribution in [-0.4, -0.2) is 45.1 Å². The van der Waals surface area contributed by atoms with Crippen LogP contribution in [-0.2, 0) is 0 Å². The lowest BCUT2D eigenvalue weighted by Crippen LogP contribution is -2.67. The first-order valence-electron chi connectivity index (χ1n) is 12.8. The second-order valence-corrected chi connectivity index (χ2v) is 5.98. The van der Waals surface area contributed by atoms with Crippen LogP contribution >= 0.6 is 0 Å². The fourth-order valence-corrected chi connectivity index (χ4v) is 2.63. The van der Waals surface area contributed by atoms with Crippen molar-refractivity contribution in [3.63, 3.8) is 0 Å². The van der Waals surface area contributed by atoms with E-state index in [4.69, 9.17) is 15.1 Å². The Morgan fingerprint density at radius 1 is 0.731 bits per heavy atom. The SMILES string of the molecule is [2H]C1CCCCC(O)(C2(O)C([2H])([2H])C([2H])([2H])C([2H])([2H])C(F)(C(F)(F)F)C(F)(C(F)(F)F)C2([2H])[2H])C1([2H])[2H]. The van der Waals surface area contributed by atoms with Crippen molar-refractivity contribution in [2.45, 2.75) is 98.8 Å². The molecule has 0 aromatic rings. The van der Waals surface area contributed by atoms with Gasteiger partial charge in [-0.15, -0.1) is 0 Å². The maximum atomic E-state index is 16.1. The average molecular weight is 409 g/mol. The second-order valence-electron chi connectivity index (χ2n) is 5.98. The maximum absolute atomic E-state index is 16.1. The van der Waals surface area contributed by atoms with Crippen molar-refractivity contribution in [2.24, 2.45) is 0 Å². The van der Waals surface area contributed by atoms with Crippen molar-refractivity contribution in [2.75, 3.05) is 0 Å². The Morgan fingerprint density at radius 2 is 1.31 bits per heavy atom. The molecule has 2 saturated carbocycles. The lowest BCUT2D eigenvalue weighted by atomic mass is 9.69. The summed E-state index contributed by atoms with van der Waals surface area (Å²) in [4.78, 5) is 0. The number of halogens is 8. The van der Waals surface area contributed by atoms with Crippen LogP contribution < -0.4 is 0 Å². The predicted octanol–water partition coefficient (Wildman–Crippen LogP) is 4.92. The molecule has 2 N–H and O–H groups in total. The van der Waals surface area contributed by atoms with Gasteiger partial charge in [0.05, 0.1) is 11.2 Å². The van der Waals surface area contributed by atoms with E-state index >= 15 is 8.78 Å². The van der Waals surface area contributed by atoms with Crippen LogP contribution in [0.15, 0.2) is 0 Å². The summed E-state index contributed by atoms with van der Waals surface area (Å²) in [6, 6.07) is 0.